The van der Waals surface area contributed by atoms with Gasteiger partial charge in [-0.1, -0.05) is 19.1 Å². The predicted octanol–water partition coefficient (Wildman–Crippen LogP) is 1.62. The van der Waals surface area contributed by atoms with Crippen LogP contribution in [0.5, 0.6) is 0 Å². The number of nitrogens with two attached hydrogens (primary N) is 1. The Kier molecular flexibility index (Phi) is 3.24. The van der Waals surface area contributed by atoms with Crippen LogP contribution in [0.2, 0.25) is 0 Å². The monoisotopic (exact) mass is 194 g/mol. The van der Waals surface area contributed by atoms with Crippen LogP contribution < -0.4 is 5.73 Å². The molecule has 1 aliphatic carbocycles. The Labute approximate surface area is 87.2 Å². The summed E-state index contributed by atoms with van der Waals surface area (Å²) in [4.78, 5) is 2.57. The van der Waals surface area contributed by atoms with E-state index in [9.17, 15) is 0 Å². The van der Waals surface area contributed by atoms with E-state index >= 15 is 0 Å². The molecular formula is C12H22N2. The minimum atomic E-state index is 0.410. The van der Waals surface area contributed by atoms with E-state index in [4.69, 9.17) is 5.73 Å². The van der Waals surface area contributed by atoms with Crippen molar-refractivity contribution in [2.45, 2.75) is 32.2 Å². The SMILES string of the molecule is CC1CC(N)CN(CC2CC=CC2)C1. The lowest BCUT2D eigenvalue weighted by Gasteiger charge is -2.36. The number of hydrogen-bond donors (Lipinski definition) is 1. The smallest absolute Gasteiger partial charge is 0.0170 e. The molecule has 80 valence electrons. The number of hydrogen-bond acceptors (Lipinski definition) is 2. The van der Waals surface area contributed by atoms with Crippen LogP contribution in [0.1, 0.15) is 26.2 Å². The van der Waals surface area contributed by atoms with E-state index in [-0.39, 0.29) is 0 Å². The lowest BCUT2D eigenvalue weighted by Crippen LogP contribution is -2.47. The van der Waals surface area contributed by atoms with Gasteiger partial charge in [0.15, 0.2) is 0 Å². The fraction of sp³-hybridized carbons (Fsp3) is 0.833. The van der Waals surface area contributed by atoms with E-state index in [1.165, 1.54) is 32.4 Å². The zero-order valence-corrected chi connectivity index (χ0v) is 9.15. The maximum absolute atomic E-state index is 6.03. The van der Waals surface area contributed by atoms with Gasteiger partial charge >= 0.3 is 0 Å². The summed E-state index contributed by atoms with van der Waals surface area (Å²) in [7, 11) is 0. The molecule has 0 spiro atoms. The normalized spacial score (nSPS) is 35.3. The third kappa shape index (κ3) is 2.58. The molecular weight excluding hydrogens is 172 g/mol. The fourth-order valence-electron chi connectivity index (χ4n) is 2.85. The van der Waals surface area contributed by atoms with Gasteiger partial charge in [0.05, 0.1) is 0 Å². The molecule has 1 aliphatic heterocycles. The molecule has 0 aromatic rings. The first-order valence-corrected chi connectivity index (χ1v) is 5.87. The molecule has 2 nitrogen and oxygen atoms in total. The molecule has 2 N–H and O–H groups in total. The van der Waals surface area contributed by atoms with Gasteiger partial charge < -0.3 is 10.6 Å². The first-order valence-electron chi connectivity index (χ1n) is 5.87. The Morgan fingerprint density at radius 2 is 2.00 bits per heavy atom. The molecule has 2 rings (SSSR count). The molecule has 1 saturated heterocycles. The third-order valence-corrected chi connectivity index (χ3v) is 3.39. The number of likely N-dealkylation sites (tertiary alicyclic amines) is 1. The minimum Gasteiger partial charge on any atom is -0.327 e. The molecule has 14 heavy (non-hydrogen) atoms. The van der Waals surface area contributed by atoms with Gasteiger partial charge in [-0.3, -0.25) is 0 Å². The van der Waals surface area contributed by atoms with Gasteiger partial charge in [-0.2, -0.15) is 0 Å². The standard InChI is InChI=1S/C12H22N2/c1-10-6-12(13)9-14(7-10)8-11-4-2-3-5-11/h2-3,10-12H,4-9,13H2,1H3. The van der Waals surface area contributed by atoms with E-state index in [1.54, 1.807) is 0 Å². The zero-order valence-electron chi connectivity index (χ0n) is 9.15. The summed E-state index contributed by atoms with van der Waals surface area (Å²) in [5, 5.41) is 0. The summed E-state index contributed by atoms with van der Waals surface area (Å²) < 4.78 is 0. The van der Waals surface area contributed by atoms with E-state index in [0.717, 1.165) is 18.4 Å². The van der Waals surface area contributed by atoms with Crippen LogP contribution in [0, 0.1) is 11.8 Å². The Hall–Kier alpha value is -0.340. The second-order valence-corrected chi connectivity index (χ2v) is 5.13. The van der Waals surface area contributed by atoms with Gasteiger partial charge in [0, 0.05) is 25.7 Å². The Balaban J connectivity index is 1.79. The van der Waals surface area contributed by atoms with Crippen molar-refractivity contribution in [3.63, 3.8) is 0 Å². The van der Waals surface area contributed by atoms with Crippen molar-refractivity contribution >= 4 is 0 Å². The van der Waals surface area contributed by atoms with E-state index in [2.05, 4.69) is 24.0 Å². The van der Waals surface area contributed by atoms with Crippen LogP contribution in [-0.2, 0) is 0 Å². The molecule has 2 atom stereocenters. The Morgan fingerprint density at radius 1 is 1.29 bits per heavy atom. The zero-order chi connectivity index (χ0) is 9.97. The molecule has 1 heterocycles. The highest BCUT2D eigenvalue weighted by atomic mass is 15.1. The van der Waals surface area contributed by atoms with Crippen molar-refractivity contribution in [3.8, 4) is 0 Å². The molecule has 0 aromatic heterocycles. The minimum absolute atomic E-state index is 0.410. The van der Waals surface area contributed by atoms with Crippen molar-refractivity contribution in [1.82, 2.24) is 4.90 Å². The maximum Gasteiger partial charge on any atom is 0.0170 e. The predicted molar refractivity (Wildman–Crippen MR) is 60.1 cm³/mol. The lowest BCUT2D eigenvalue weighted by atomic mass is 9.95. The van der Waals surface area contributed by atoms with E-state index in [0.29, 0.717) is 6.04 Å². The number of allylic oxidation sites excluding steroid dienone is 2. The number of rotatable bonds is 2. The Bertz CT molecular complexity index is 194. The largest absolute Gasteiger partial charge is 0.327 e. The van der Waals surface area contributed by atoms with Gasteiger partial charge in [-0.05, 0) is 31.1 Å². The molecule has 1 fully saturated rings. The van der Waals surface area contributed by atoms with E-state index in [1.807, 2.05) is 0 Å². The van der Waals surface area contributed by atoms with Crippen LogP contribution in [0.4, 0.5) is 0 Å². The lowest BCUT2D eigenvalue weighted by molar-refractivity contribution is 0.145. The summed E-state index contributed by atoms with van der Waals surface area (Å²) >= 11 is 0. The molecule has 0 saturated carbocycles. The summed E-state index contributed by atoms with van der Waals surface area (Å²) in [6.45, 7) is 5.94. The van der Waals surface area contributed by atoms with Crippen LogP contribution >= 0.6 is 0 Å². The molecule has 0 radical (unpaired) electrons. The molecule has 0 aromatic carbocycles. The van der Waals surface area contributed by atoms with Crippen LogP contribution in [0.3, 0.4) is 0 Å². The first kappa shape index (κ1) is 10.2. The summed E-state index contributed by atoms with van der Waals surface area (Å²) in [5.41, 5.74) is 6.03. The quantitative estimate of drug-likeness (QED) is 0.677. The van der Waals surface area contributed by atoms with Gasteiger partial charge in [0.25, 0.3) is 0 Å². The maximum atomic E-state index is 6.03. The van der Waals surface area contributed by atoms with Gasteiger partial charge in [-0.25, -0.2) is 0 Å². The average Bonchev–Trinajstić information content (AvgIpc) is 2.54. The van der Waals surface area contributed by atoms with Gasteiger partial charge in [-0.15, -0.1) is 0 Å². The first-order chi connectivity index (χ1) is 6.74. The number of piperidine rings is 1. The fourth-order valence-corrected chi connectivity index (χ4v) is 2.85. The second-order valence-electron chi connectivity index (χ2n) is 5.13. The van der Waals surface area contributed by atoms with Crippen molar-refractivity contribution in [2.75, 3.05) is 19.6 Å². The highest BCUT2D eigenvalue weighted by Crippen LogP contribution is 2.22. The van der Waals surface area contributed by atoms with Crippen molar-refractivity contribution in [3.05, 3.63) is 12.2 Å². The second kappa shape index (κ2) is 4.45. The van der Waals surface area contributed by atoms with Gasteiger partial charge in [0.2, 0.25) is 0 Å². The topological polar surface area (TPSA) is 29.3 Å². The van der Waals surface area contributed by atoms with Crippen LogP contribution in [0.15, 0.2) is 12.2 Å². The van der Waals surface area contributed by atoms with Crippen molar-refractivity contribution in [2.24, 2.45) is 17.6 Å². The average molecular weight is 194 g/mol. The highest BCUT2D eigenvalue weighted by Gasteiger charge is 2.24. The molecule has 0 bridgehead atoms. The van der Waals surface area contributed by atoms with Crippen LogP contribution in [0.25, 0.3) is 0 Å². The third-order valence-electron chi connectivity index (χ3n) is 3.39. The summed E-state index contributed by atoms with van der Waals surface area (Å²) in [6.07, 6.45) is 8.40. The molecule has 0 amide bonds. The number of nitrogens with zero attached hydrogens (tertiary/aromatic N) is 1. The van der Waals surface area contributed by atoms with Crippen molar-refractivity contribution < 1.29 is 0 Å². The molecule has 2 aliphatic rings. The highest BCUT2D eigenvalue weighted by molar-refractivity contribution is 4.95. The van der Waals surface area contributed by atoms with Crippen LogP contribution in [-0.4, -0.2) is 30.6 Å². The van der Waals surface area contributed by atoms with Gasteiger partial charge in [0.1, 0.15) is 0 Å². The summed E-state index contributed by atoms with van der Waals surface area (Å²) in [6, 6.07) is 0.410. The summed E-state index contributed by atoms with van der Waals surface area (Å²) in [5.74, 6) is 1.65. The Morgan fingerprint density at radius 3 is 2.64 bits per heavy atom. The molecule has 2 unspecified atom stereocenters. The van der Waals surface area contributed by atoms with E-state index < -0.39 is 0 Å². The molecule has 2 heteroatoms. The van der Waals surface area contributed by atoms with Crippen molar-refractivity contribution in [1.29, 1.82) is 0 Å².